The van der Waals surface area contributed by atoms with Crippen LogP contribution < -0.4 is 10.7 Å². The Bertz CT molecular complexity index is 705. The minimum absolute atomic E-state index is 0.0993. The first-order valence-electron chi connectivity index (χ1n) is 8.48. The molecule has 132 valence electrons. The molecule has 0 aromatic heterocycles. The molecule has 0 fully saturated rings. The van der Waals surface area contributed by atoms with Crippen LogP contribution >= 0.6 is 0 Å². The summed E-state index contributed by atoms with van der Waals surface area (Å²) in [5, 5.41) is 6.99. The van der Waals surface area contributed by atoms with Crippen LogP contribution in [-0.4, -0.2) is 17.5 Å². The van der Waals surface area contributed by atoms with Gasteiger partial charge in [-0.05, 0) is 50.3 Å². The number of benzene rings is 1. The molecule has 2 amide bonds. The maximum Gasteiger partial charge on any atom is 0.240 e. The number of nitrogens with one attached hydrogen (secondary N) is 2. The second-order valence-corrected chi connectivity index (χ2v) is 6.38. The van der Waals surface area contributed by atoms with E-state index in [1.165, 1.54) is 0 Å². The van der Waals surface area contributed by atoms with Crippen molar-refractivity contribution in [1.82, 2.24) is 5.43 Å². The Balaban J connectivity index is 1.80. The molecule has 1 aliphatic rings. The van der Waals surface area contributed by atoms with E-state index in [1.807, 2.05) is 32.0 Å². The van der Waals surface area contributed by atoms with Crippen LogP contribution in [0.1, 0.15) is 39.5 Å². The first-order valence-corrected chi connectivity index (χ1v) is 8.48. The molecule has 0 saturated heterocycles. The molecule has 0 saturated carbocycles. The average molecular weight is 339 g/mol. The summed E-state index contributed by atoms with van der Waals surface area (Å²) in [5.41, 5.74) is 6.37. The monoisotopic (exact) mass is 339 g/mol. The van der Waals surface area contributed by atoms with Crippen molar-refractivity contribution in [1.29, 1.82) is 0 Å². The van der Waals surface area contributed by atoms with Crippen LogP contribution in [0.4, 0.5) is 5.69 Å². The molecule has 0 bridgehead atoms. The summed E-state index contributed by atoms with van der Waals surface area (Å²) >= 11 is 0. The molecule has 5 heteroatoms. The highest BCUT2D eigenvalue weighted by Crippen LogP contribution is 2.26. The third-order valence-corrected chi connectivity index (χ3v) is 4.25. The van der Waals surface area contributed by atoms with Crippen molar-refractivity contribution in [3.8, 4) is 0 Å². The van der Waals surface area contributed by atoms with Crippen LogP contribution in [0.3, 0.4) is 0 Å². The Morgan fingerprint density at radius 2 is 1.88 bits per heavy atom. The molecule has 0 heterocycles. The zero-order chi connectivity index (χ0) is 18.2. The number of hydrazone groups is 1. The average Bonchev–Trinajstić information content (AvgIpc) is 2.60. The molecule has 2 rings (SSSR count). The van der Waals surface area contributed by atoms with E-state index in [1.54, 1.807) is 12.1 Å². The predicted octanol–water partition coefficient (Wildman–Crippen LogP) is 3.81. The van der Waals surface area contributed by atoms with E-state index >= 15 is 0 Å². The van der Waals surface area contributed by atoms with Gasteiger partial charge in [0.15, 0.2) is 0 Å². The van der Waals surface area contributed by atoms with Crippen LogP contribution in [0.5, 0.6) is 0 Å². The number of amides is 2. The number of rotatable bonds is 6. The normalized spacial score (nSPS) is 18.4. The summed E-state index contributed by atoms with van der Waals surface area (Å²) < 4.78 is 0. The van der Waals surface area contributed by atoms with E-state index in [-0.39, 0.29) is 24.7 Å². The molecule has 1 atom stereocenters. The smallest absolute Gasteiger partial charge is 0.240 e. The number of allylic oxidation sites excluding steroid dienone is 3. The lowest BCUT2D eigenvalue weighted by molar-refractivity contribution is -0.124. The van der Waals surface area contributed by atoms with Crippen LogP contribution in [-0.2, 0) is 9.59 Å². The van der Waals surface area contributed by atoms with Crippen molar-refractivity contribution in [2.75, 3.05) is 5.32 Å². The topological polar surface area (TPSA) is 70.6 Å². The molecule has 0 aliphatic heterocycles. The van der Waals surface area contributed by atoms with Gasteiger partial charge < -0.3 is 5.32 Å². The lowest BCUT2D eigenvalue weighted by Gasteiger charge is -2.22. The maximum atomic E-state index is 11.9. The van der Waals surface area contributed by atoms with Gasteiger partial charge in [-0.1, -0.05) is 36.4 Å². The number of hydrogen-bond donors (Lipinski definition) is 2. The van der Waals surface area contributed by atoms with Gasteiger partial charge in [0.25, 0.3) is 0 Å². The molecular formula is C20H25N3O2. The predicted molar refractivity (Wildman–Crippen MR) is 101 cm³/mol. The van der Waals surface area contributed by atoms with Crippen molar-refractivity contribution < 1.29 is 9.59 Å². The van der Waals surface area contributed by atoms with E-state index in [9.17, 15) is 9.59 Å². The number of hydrogen-bond acceptors (Lipinski definition) is 3. The van der Waals surface area contributed by atoms with E-state index in [2.05, 4.69) is 28.5 Å². The number of carbonyl (C=O) groups excluding carboxylic acids is 2. The lowest BCUT2D eigenvalue weighted by Crippen LogP contribution is -2.24. The summed E-state index contributed by atoms with van der Waals surface area (Å²) in [6.07, 6.45) is 4.10. The van der Waals surface area contributed by atoms with Gasteiger partial charge in [-0.25, -0.2) is 5.43 Å². The minimum Gasteiger partial charge on any atom is -0.326 e. The van der Waals surface area contributed by atoms with E-state index < -0.39 is 0 Å². The summed E-state index contributed by atoms with van der Waals surface area (Å²) in [7, 11) is 0. The molecule has 2 N–H and O–H groups in total. The van der Waals surface area contributed by atoms with Gasteiger partial charge in [-0.2, -0.15) is 5.10 Å². The second-order valence-electron chi connectivity index (χ2n) is 6.38. The zero-order valence-corrected chi connectivity index (χ0v) is 14.8. The van der Waals surface area contributed by atoms with Crippen LogP contribution in [0.15, 0.2) is 59.2 Å². The number of para-hydroxylation sites is 1. The van der Waals surface area contributed by atoms with Crippen LogP contribution in [0, 0.1) is 5.92 Å². The van der Waals surface area contributed by atoms with Gasteiger partial charge in [-0.15, -0.1) is 0 Å². The fourth-order valence-electron chi connectivity index (χ4n) is 2.58. The first-order chi connectivity index (χ1) is 12.0. The fraction of sp³-hybridized carbons (Fsp3) is 0.350. The summed E-state index contributed by atoms with van der Waals surface area (Å²) in [5.74, 6) is -0.0814. The summed E-state index contributed by atoms with van der Waals surface area (Å²) in [4.78, 5) is 23.8. The Morgan fingerprint density at radius 1 is 1.20 bits per heavy atom. The first kappa shape index (κ1) is 18.6. The third kappa shape index (κ3) is 6.03. The molecule has 1 unspecified atom stereocenters. The fourth-order valence-corrected chi connectivity index (χ4v) is 2.58. The Kier molecular flexibility index (Phi) is 6.69. The molecule has 5 nitrogen and oxygen atoms in total. The summed E-state index contributed by atoms with van der Waals surface area (Å²) in [6, 6.07) is 9.18. The van der Waals surface area contributed by atoms with Crippen molar-refractivity contribution in [2.45, 2.75) is 39.5 Å². The van der Waals surface area contributed by atoms with Crippen molar-refractivity contribution in [3.05, 3.63) is 54.1 Å². The lowest BCUT2D eigenvalue weighted by atomic mass is 9.85. The molecule has 1 aliphatic carbocycles. The maximum absolute atomic E-state index is 11.9. The van der Waals surface area contributed by atoms with Crippen LogP contribution in [0.25, 0.3) is 0 Å². The van der Waals surface area contributed by atoms with Crippen LogP contribution in [0.2, 0.25) is 0 Å². The quantitative estimate of drug-likeness (QED) is 0.611. The molecule has 0 spiro atoms. The standard InChI is InChI=1S/C20H25N3O2/c1-14(2)16-10-9-15(3)18(13-16)22-23-20(25)12-11-19(24)21-17-7-5-4-6-8-17/h4-9,16H,1,10-13H2,2-3H3,(H,21,24)(H,23,25)/b22-18-. The van der Waals surface area contributed by atoms with Crippen molar-refractivity contribution in [2.24, 2.45) is 11.0 Å². The summed E-state index contributed by atoms with van der Waals surface area (Å²) in [6.45, 7) is 8.01. The van der Waals surface area contributed by atoms with E-state index in [0.717, 1.165) is 35.4 Å². The second kappa shape index (κ2) is 8.97. The van der Waals surface area contributed by atoms with Gasteiger partial charge in [0.1, 0.15) is 0 Å². The SMILES string of the molecule is C=C(C)C1CC=C(C)/C(=N\NC(=O)CCC(=O)Nc2ccccc2)C1. The third-order valence-electron chi connectivity index (χ3n) is 4.25. The van der Waals surface area contributed by atoms with Gasteiger partial charge in [0.05, 0.1) is 5.71 Å². The number of nitrogens with zero attached hydrogens (tertiary/aromatic N) is 1. The number of carbonyl (C=O) groups is 2. The van der Waals surface area contributed by atoms with E-state index in [0.29, 0.717) is 5.92 Å². The highest BCUT2D eigenvalue weighted by atomic mass is 16.2. The molecule has 1 aromatic carbocycles. The van der Waals surface area contributed by atoms with Crippen molar-refractivity contribution in [3.63, 3.8) is 0 Å². The molecule has 25 heavy (non-hydrogen) atoms. The molecule has 1 aromatic rings. The Labute approximate surface area is 148 Å². The minimum atomic E-state index is -0.263. The highest BCUT2D eigenvalue weighted by Gasteiger charge is 2.18. The largest absolute Gasteiger partial charge is 0.326 e. The highest BCUT2D eigenvalue weighted by molar-refractivity contribution is 6.01. The Morgan fingerprint density at radius 3 is 2.56 bits per heavy atom. The van der Waals surface area contributed by atoms with Gasteiger partial charge in [0.2, 0.25) is 11.8 Å². The number of anilines is 1. The van der Waals surface area contributed by atoms with E-state index in [4.69, 9.17) is 0 Å². The van der Waals surface area contributed by atoms with Gasteiger partial charge in [0, 0.05) is 18.5 Å². The van der Waals surface area contributed by atoms with Gasteiger partial charge in [-0.3, -0.25) is 9.59 Å². The van der Waals surface area contributed by atoms with Crippen molar-refractivity contribution >= 4 is 23.2 Å². The molecule has 0 radical (unpaired) electrons. The Hall–Kier alpha value is -2.69. The van der Waals surface area contributed by atoms with Gasteiger partial charge >= 0.3 is 0 Å². The molecular weight excluding hydrogens is 314 g/mol. The zero-order valence-electron chi connectivity index (χ0n) is 14.8.